The molecule has 11 heavy (non-hydrogen) atoms. The highest BCUT2D eigenvalue weighted by atomic mass is 16.5. The first-order chi connectivity index (χ1) is 5.34. The van der Waals surface area contributed by atoms with Gasteiger partial charge in [0.25, 0.3) is 0 Å². The lowest BCUT2D eigenvalue weighted by Crippen LogP contribution is -2.21. The zero-order valence-electron chi connectivity index (χ0n) is 6.57. The molecule has 0 amide bonds. The van der Waals surface area contributed by atoms with Crippen LogP contribution in [0.2, 0.25) is 0 Å². The van der Waals surface area contributed by atoms with Crippen LogP contribution in [0.3, 0.4) is 0 Å². The zero-order valence-corrected chi connectivity index (χ0v) is 6.57. The van der Waals surface area contributed by atoms with Crippen molar-refractivity contribution in [1.82, 2.24) is 0 Å². The minimum atomic E-state index is -0.0937. The van der Waals surface area contributed by atoms with Crippen molar-refractivity contribution < 1.29 is 9.84 Å². The molecule has 62 valence electrons. The van der Waals surface area contributed by atoms with Crippen LogP contribution in [0.25, 0.3) is 0 Å². The molecule has 0 saturated carbocycles. The molecule has 2 aliphatic heterocycles. The number of aliphatic hydroxyl groups excluding tert-OH is 1. The summed E-state index contributed by atoms with van der Waals surface area (Å²) in [6, 6.07) is 0. The summed E-state index contributed by atoms with van der Waals surface area (Å²) in [6.07, 6.45) is 8.48. The third kappa shape index (κ3) is 1.63. The quantitative estimate of drug-likeness (QED) is 0.532. The summed E-state index contributed by atoms with van der Waals surface area (Å²) in [6.45, 7) is 0. The first-order valence-electron chi connectivity index (χ1n) is 4.36. The maximum atomic E-state index is 9.39. The predicted octanol–water partition coefficient (Wildman–Crippen LogP) is 1.24. The van der Waals surface area contributed by atoms with Crippen LogP contribution in [0.5, 0.6) is 0 Å². The van der Waals surface area contributed by atoms with Gasteiger partial charge in [-0.15, -0.1) is 0 Å². The lowest BCUT2D eigenvalue weighted by molar-refractivity contribution is 0.0127. The first-order valence-corrected chi connectivity index (χ1v) is 4.36. The van der Waals surface area contributed by atoms with E-state index in [1.54, 1.807) is 0 Å². The van der Waals surface area contributed by atoms with Crippen LogP contribution < -0.4 is 0 Å². The van der Waals surface area contributed by atoms with E-state index < -0.39 is 0 Å². The molecule has 0 aromatic rings. The molecule has 2 bridgehead atoms. The molecule has 0 aliphatic carbocycles. The molecule has 0 aromatic carbocycles. The van der Waals surface area contributed by atoms with Gasteiger partial charge in [-0.2, -0.15) is 0 Å². The van der Waals surface area contributed by atoms with Gasteiger partial charge in [-0.25, -0.2) is 0 Å². The Balaban J connectivity index is 1.98. The number of rotatable bonds is 0. The summed E-state index contributed by atoms with van der Waals surface area (Å²) in [5, 5.41) is 9.39. The molecule has 1 fully saturated rings. The summed E-state index contributed by atoms with van der Waals surface area (Å²) in [5.41, 5.74) is 0. The van der Waals surface area contributed by atoms with Crippen molar-refractivity contribution >= 4 is 0 Å². The van der Waals surface area contributed by atoms with Crippen molar-refractivity contribution in [3.05, 3.63) is 12.2 Å². The van der Waals surface area contributed by atoms with Crippen LogP contribution in [-0.4, -0.2) is 23.4 Å². The average Bonchev–Trinajstić information content (AvgIpc) is 2.43. The van der Waals surface area contributed by atoms with Crippen LogP contribution in [0.1, 0.15) is 25.7 Å². The number of hydrogen-bond acceptors (Lipinski definition) is 2. The first kappa shape index (κ1) is 7.32. The van der Waals surface area contributed by atoms with E-state index in [9.17, 15) is 5.11 Å². The van der Waals surface area contributed by atoms with E-state index in [1.807, 2.05) is 0 Å². The number of aliphatic hydroxyl groups is 1. The molecule has 2 aliphatic rings. The van der Waals surface area contributed by atoms with Crippen molar-refractivity contribution in [3.8, 4) is 0 Å². The SMILES string of the molecule is OC1CC[C@H]2C=C[C@@H](CC1)O2. The van der Waals surface area contributed by atoms with E-state index in [2.05, 4.69) is 12.2 Å². The lowest BCUT2D eigenvalue weighted by atomic mass is 10.0. The van der Waals surface area contributed by atoms with Gasteiger partial charge in [0.15, 0.2) is 0 Å². The Hall–Kier alpha value is -0.340. The third-order valence-electron chi connectivity index (χ3n) is 2.46. The van der Waals surface area contributed by atoms with Crippen molar-refractivity contribution in [3.63, 3.8) is 0 Å². The van der Waals surface area contributed by atoms with Gasteiger partial charge >= 0.3 is 0 Å². The maximum absolute atomic E-state index is 9.39. The summed E-state index contributed by atoms with van der Waals surface area (Å²) in [5.74, 6) is 0. The van der Waals surface area contributed by atoms with E-state index in [4.69, 9.17) is 4.74 Å². The minimum absolute atomic E-state index is 0.0937. The number of hydrogen-bond donors (Lipinski definition) is 1. The van der Waals surface area contributed by atoms with Crippen molar-refractivity contribution in [1.29, 1.82) is 0 Å². The van der Waals surface area contributed by atoms with Crippen molar-refractivity contribution in [2.45, 2.75) is 44.0 Å². The van der Waals surface area contributed by atoms with E-state index in [0.717, 1.165) is 25.7 Å². The molecule has 0 radical (unpaired) electrons. The summed E-state index contributed by atoms with van der Waals surface area (Å²) >= 11 is 0. The molecule has 2 rings (SSSR count). The lowest BCUT2D eigenvalue weighted by Gasteiger charge is -2.20. The van der Waals surface area contributed by atoms with Crippen molar-refractivity contribution in [2.75, 3.05) is 0 Å². The van der Waals surface area contributed by atoms with Crippen LogP contribution in [0, 0.1) is 0 Å². The van der Waals surface area contributed by atoms with E-state index in [1.165, 1.54) is 0 Å². The highest BCUT2D eigenvalue weighted by Crippen LogP contribution is 2.24. The second kappa shape index (κ2) is 2.95. The van der Waals surface area contributed by atoms with Crippen LogP contribution in [0.15, 0.2) is 12.2 Å². The molecular formula is C9H14O2. The molecule has 3 atom stereocenters. The molecule has 0 spiro atoms. The van der Waals surface area contributed by atoms with Gasteiger partial charge in [0.05, 0.1) is 18.3 Å². The summed E-state index contributed by atoms with van der Waals surface area (Å²) in [4.78, 5) is 0. The van der Waals surface area contributed by atoms with Gasteiger partial charge in [0.1, 0.15) is 0 Å². The Kier molecular flexibility index (Phi) is 1.96. The normalized spacial score (nSPS) is 43.5. The second-order valence-electron chi connectivity index (χ2n) is 3.41. The Morgan fingerprint density at radius 2 is 1.55 bits per heavy atom. The Morgan fingerprint density at radius 3 is 2.09 bits per heavy atom. The standard InChI is InChI=1S/C9H14O2/c10-7-1-3-8-5-6-9(11-8)4-2-7/h5-10H,1-4H2/t7?,8-,9+. The summed E-state index contributed by atoms with van der Waals surface area (Å²) < 4.78 is 5.63. The third-order valence-corrected chi connectivity index (χ3v) is 2.46. The largest absolute Gasteiger partial charge is 0.393 e. The Bertz CT molecular complexity index is 149. The topological polar surface area (TPSA) is 29.5 Å². The maximum Gasteiger partial charge on any atom is 0.0765 e. The van der Waals surface area contributed by atoms with E-state index in [0.29, 0.717) is 0 Å². The smallest absolute Gasteiger partial charge is 0.0765 e. The van der Waals surface area contributed by atoms with Gasteiger partial charge in [0, 0.05) is 0 Å². The van der Waals surface area contributed by atoms with Gasteiger partial charge < -0.3 is 9.84 Å². The van der Waals surface area contributed by atoms with E-state index in [-0.39, 0.29) is 18.3 Å². The highest BCUT2D eigenvalue weighted by molar-refractivity contribution is 5.03. The van der Waals surface area contributed by atoms with Gasteiger partial charge in [-0.1, -0.05) is 12.2 Å². The Morgan fingerprint density at radius 1 is 1.00 bits per heavy atom. The number of fused-ring (bicyclic) bond motifs is 2. The van der Waals surface area contributed by atoms with Gasteiger partial charge in [-0.05, 0) is 25.7 Å². The fraction of sp³-hybridized carbons (Fsp3) is 0.778. The van der Waals surface area contributed by atoms with Crippen LogP contribution in [0.4, 0.5) is 0 Å². The molecule has 0 aromatic heterocycles. The monoisotopic (exact) mass is 154 g/mol. The zero-order chi connectivity index (χ0) is 7.68. The molecular weight excluding hydrogens is 140 g/mol. The van der Waals surface area contributed by atoms with Gasteiger partial charge in [0.2, 0.25) is 0 Å². The van der Waals surface area contributed by atoms with Crippen molar-refractivity contribution in [2.24, 2.45) is 0 Å². The second-order valence-corrected chi connectivity index (χ2v) is 3.41. The molecule has 1 saturated heterocycles. The Labute approximate surface area is 66.9 Å². The molecule has 2 heteroatoms. The summed E-state index contributed by atoms with van der Waals surface area (Å²) in [7, 11) is 0. The van der Waals surface area contributed by atoms with Gasteiger partial charge in [-0.3, -0.25) is 0 Å². The number of ether oxygens (including phenoxy) is 1. The van der Waals surface area contributed by atoms with Crippen LogP contribution in [-0.2, 0) is 4.74 Å². The molecule has 1 N–H and O–H groups in total. The average molecular weight is 154 g/mol. The van der Waals surface area contributed by atoms with E-state index >= 15 is 0 Å². The predicted molar refractivity (Wildman–Crippen MR) is 42.3 cm³/mol. The fourth-order valence-electron chi connectivity index (χ4n) is 1.75. The minimum Gasteiger partial charge on any atom is -0.393 e. The fourth-order valence-corrected chi connectivity index (χ4v) is 1.75. The molecule has 2 heterocycles. The molecule has 1 unspecified atom stereocenters. The highest BCUT2D eigenvalue weighted by Gasteiger charge is 2.23. The van der Waals surface area contributed by atoms with Crippen LogP contribution >= 0.6 is 0 Å². The molecule has 2 nitrogen and oxygen atoms in total.